The molecule has 3 rings (SSSR count). The molecular formula is C15H18N4O2. The summed E-state index contributed by atoms with van der Waals surface area (Å²) in [5.41, 5.74) is 1.89. The Labute approximate surface area is 122 Å². The van der Waals surface area contributed by atoms with Crippen molar-refractivity contribution in [2.75, 3.05) is 19.6 Å². The number of fused-ring (bicyclic) bond motifs is 1. The van der Waals surface area contributed by atoms with Crippen molar-refractivity contribution < 1.29 is 9.59 Å². The van der Waals surface area contributed by atoms with Gasteiger partial charge in [0.05, 0.1) is 17.6 Å². The van der Waals surface area contributed by atoms with Crippen LogP contribution in [0.5, 0.6) is 0 Å². The van der Waals surface area contributed by atoms with Gasteiger partial charge in [0.25, 0.3) is 0 Å². The highest BCUT2D eigenvalue weighted by atomic mass is 16.2. The predicted molar refractivity (Wildman–Crippen MR) is 78.6 cm³/mol. The van der Waals surface area contributed by atoms with E-state index in [0.29, 0.717) is 25.9 Å². The zero-order valence-electron chi connectivity index (χ0n) is 11.8. The van der Waals surface area contributed by atoms with E-state index in [1.54, 1.807) is 4.90 Å². The summed E-state index contributed by atoms with van der Waals surface area (Å²) in [6, 6.07) is 7.79. The molecule has 2 heterocycles. The standard InChI is InChI=1S/C15H18N4O2/c20-14-10-19(9-3-8-16-14)15(21)7-6-13-17-11-4-1-2-5-12(11)18-13/h1-2,4-5H,3,6-10H2,(H,16,20)(H,17,18). The number of H-pyrrole nitrogens is 1. The van der Waals surface area contributed by atoms with Gasteiger partial charge in [-0.1, -0.05) is 12.1 Å². The van der Waals surface area contributed by atoms with Crippen LogP contribution in [0.3, 0.4) is 0 Å². The van der Waals surface area contributed by atoms with E-state index in [0.717, 1.165) is 23.3 Å². The molecule has 1 aromatic heterocycles. The van der Waals surface area contributed by atoms with E-state index in [1.807, 2.05) is 24.3 Å². The highest BCUT2D eigenvalue weighted by molar-refractivity contribution is 5.85. The van der Waals surface area contributed by atoms with Gasteiger partial charge in [-0.05, 0) is 18.6 Å². The number of amides is 2. The zero-order valence-corrected chi connectivity index (χ0v) is 11.8. The number of nitrogens with zero attached hydrogens (tertiary/aromatic N) is 2. The summed E-state index contributed by atoms with van der Waals surface area (Å²) in [5.74, 6) is 0.737. The van der Waals surface area contributed by atoms with Crippen LogP contribution in [0, 0.1) is 0 Å². The Bertz CT molecular complexity index is 631. The highest BCUT2D eigenvalue weighted by Crippen LogP contribution is 2.12. The first-order valence-corrected chi connectivity index (χ1v) is 7.20. The molecule has 1 saturated heterocycles. The summed E-state index contributed by atoms with van der Waals surface area (Å²) in [6.07, 6.45) is 1.74. The molecule has 1 aliphatic heterocycles. The summed E-state index contributed by atoms with van der Waals surface area (Å²) in [4.78, 5) is 33.0. The Hall–Kier alpha value is -2.37. The van der Waals surface area contributed by atoms with Crippen LogP contribution in [0.1, 0.15) is 18.7 Å². The minimum atomic E-state index is -0.0791. The maximum Gasteiger partial charge on any atom is 0.239 e. The monoisotopic (exact) mass is 286 g/mol. The lowest BCUT2D eigenvalue weighted by atomic mass is 10.2. The number of nitrogens with one attached hydrogen (secondary N) is 2. The molecule has 6 nitrogen and oxygen atoms in total. The van der Waals surface area contributed by atoms with Gasteiger partial charge in [-0.15, -0.1) is 0 Å². The zero-order chi connectivity index (χ0) is 14.7. The third kappa shape index (κ3) is 3.21. The summed E-state index contributed by atoms with van der Waals surface area (Å²) < 4.78 is 0. The van der Waals surface area contributed by atoms with E-state index in [-0.39, 0.29) is 18.4 Å². The largest absolute Gasteiger partial charge is 0.354 e. The van der Waals surface area contributed by atoms with Gasteiger partial charge in [0.2, 0.25) is 11.8 Å². The van der Waals surface area contributed by atoms with E-state index in [2.05, 4.69) is 15.3 Å². The van der Waals surface area contributed by atoms with Crippen molar-refractivity contribution in [1.29, 1.82) is 0 Å². The van der Waals surface area contributed by atoms with Crippen LogP contribution in [-0.2, 0) is 16.0 Å². The van der Waals surface area contributed by atoms with Crippen LogP contribution in [0.4, 0.5) is 0 Å². The second kappa shape index (κ2) is 5.95. The molecule has 1 aromatic carbocycles. The van der Waals surface area contributed by atoms with E-state index in [1.165, 1.54) is 0 Å². The Kier molecular flexibility index (Phi) is 3.85. The fourth-order valence-corrected chi connectivity index (χ4v) is 2.53. The van der Waals surface area contributed by atoms with Crippen LogP contribution in [-0.4, -0.2) is 46.3 Å². The Morgan fingerprint density at radius 3 is 3.05 bits per heavy atom. The van der Waals surface area contributed by atoms with Gasteiger partial charge in [-0.3, -0.25) is 9.59 Å². The molecule has 2 amide bonds. The van der Waals surface area contributed by atoms with Crippen molar-refractivity contribution in [3.05, 3.63) is 30.1 Å². The maximum absolute atomic E-state index is 12.2. The molecule has 1 fully saturated rings. The number of aryl methyl sites for hydroxylation is 1. The topological polar surface area (TPSA) is 78.1 Å². The van der Waals surface area contributed by atoms with Gasteiger partial charge in [0, 0.05) is 25.9 Å². The molecule has 0 spiro atoms. The molecular weight excluding hydrogens is 268 g/mol. The molecule has 0 radical (unpaired) electrons. The van der Waals surface area contributed by atoms with Crippen molar-refractivity contribution >= 4 is 22.8 Å². The Morgan fingerprint density at radius 2 is 2.19 bits per heavy atom. The number of carbonyl (C=O) groups is 2. The van der Waals surface area contributed by atoms with E-state index in [4.69, 9.17) is 0 Å². The lowest BCUT2D eigenvalue weighted by Gasteiger charge is -2.18. The minimum absolute atomic E-state index is 0.00695. The van der Waals surface area contributed by atoms with Crippen molar-refractivity contribution in [3.8, 4) is 0 Å². The first-order chi connectivity index (χ1) is 10.2. The number of hydrogen-bond acceptors (Lipinski definition) is 3. The molecule has 0 unspecified atom stereocenters. The molecule has 1 aliphatic rings. The van der Waals surface area contributed by atoms with Gasteiger partial charge in [0.15, 0.2) is 0 Å². The summed E-state index contributed by atoms with van der Waals surface area (Å²) >= 11 is 0. The summed E-state index contributed by atoms with van der Waals surface area (Å²) in [7, 11) is 0. The third-order valence-corrected chi connectivity index (χ3v) is 3.63. The normalized spacial score (nSPS) is 15.8. The fraction of sp³-hybridized carbons (Fsp3) is 0.400. The molecule has 0 aliphatic carbocycles. The van der Waals surface area contributed by atoms with Crippen molar-refractivity contribution in [1.82, 2.24) is 20.2 Å². The lowest BCUT2D eigenvalue weighted by Crippen LogP contribution is -2.37. The van der Waals surface area contributed by atoms with E-state index >= 15 is 0 Å². The van der Waals surface area contributed by atoms with Crippen molar-refractivity contribution in [2.45, 2.75) is 19.3 Å². The van der Waals surface area contributed by atoms with Crippen LogP contribution in [0.25, 0.3) is 11.0 Å². The van der Waals surface area contributed by atoms with Gasteiger partial charge >= 0.3 is 0 Å². The maximum atomic E-state index is 12.2. The van der Waals surface area contributed by atoms with Gasteiger partial charge < -0.3 is 15.2 Å². The van der Waals surface area contributed by atoms with Crippen LogP contribution < -0.4 is 5.32 Å². The van der Waals surface area contributed by atoms with Crippen LogP contribution in [0.2, 0.25) is 0 Å². The quantitative estimate of drug-likeness (QED) is 0.878. The SMILES string of the molecule is O=C1CN(C(=O)CCc2nc3ccccc3[nH]2)CCCN1. The molecule has 2 aromatic rings. The molecule has 2 N–H and O–H groups in total. The van der Waals surface area contributed by atoms with Crippen molar-refractivity contribution in [2.24, 2.45) is 0 Å². The highest BCUT2D eigenvalue weighted by Gasteiger charge is 2.19. The second-order valence-electron chi connectivity index (χ2n) is 5.22. The fourth-order valence-electron chi connectivity index (χ4n) is 2.53. The Balaban J connectivity index is 1.61. The second-order valence-corrected chi connectivity index (χ2v) is 5.22. The minimum Gasteiger partial charge on any atom is -0.354 e. The molecule has 0 saturated carbocycles. The number of para-hydroxylation sites is 2. The third-order valence-electron chi connectivity index (χ3n) is 3.63. The lowest BCUT2D eigenvalue weighted by molar-refractivity contribution is -0.135. The number of aromatic nitrogens is 2. The van der Waals surface area contributed by atoms with E-state index in [9.17, 15) is 9.59 Å². The molecule has 21 heavy (non-hydrogen) atoms. The Morgan fingerprint density at radius 1 is 1.33 bits per heavy atom. The number of aromatic amines is 1. The first kappa shape index (κ1) is 13.6. The average Bonchev–Trinajstić information content (AvgIpc) is 2.78. The van der Waals surface area contributed by atoms with Crippen LogP contribution >= 0.6 is 0 Å². The van der Waals surface area contributed by atoms with Gasteiger partial charge in [0.1, 0.15) is 5.82 Å². The van der Waals surface area contributed by atoms with Gasteiger partial charge in [-0.25, -0.2) is 4.98 Å². The van der Waals surface area contributed by atoms with Crippen molar-refractivity contribution in [3.63, 3.8) is 0 Å². The smallest absolute Gasteiger partial charge is 0.239 e. The predicted octanol–water partition coefficient (Wildman–Crippen LogP) is 0.844. The number of carbonyl (C=O) groups excluding carboxylic acids is 2. The summed E-state index contributed by atoms with van der Waals surface area (Å²) in [5, 5.41) is 2.77. The number of imidazole rings is 1. The first-order valence-electron chi connectivity index (χ1n) is 7.20. The molecule has 0 atom stereocenters. The van der Waals surface area contributed by atoms with Crippen LogP contribution in [0.15, 0.2) is 24.3 Å². The van der Waals surface area contributed by atoms with Gasteiger partial charge in [-0.2, -0.15) is 0 Å². The molecule has 110 valence electrons. The average molecular weight is 286 g/mol. The number of rotatable bonds is 3. The van der Waals surface area contributed by atoms with E-state index < -0.39 is 0 Å². The molecule has 0 bridgehead atoms. The molecule has 6 heteroatoms. The number of hydrogen-bond donors (Lipinski definition) is 2. The summed E-state index contributed by atoms with van der Waals surface area (Å²) in [6.45, 7) is 1.45. The number of benzene rings is 1.